The summed E-state index contributed by atoms with van der Waals surface area (Å²) in [5.41, 5.74) is 1.88. The maximum Gasteiger partial charge on any atom is 0.413 e. The Balaban J connectivity index is 1.68. The lowest BCUT2D eigenvalue weighted by molar-refractivity contribution is -0.0542. The number of benzene rings is 3. The van der Waals surface area contributed by atoms with Gasteiger partial charge in [-0.15, -0.1) is 0 Å². The van der Waals surface area contributed by atoms with Gasteiger partial charge in [0.05, 0.1) is 11.0 Å². The van der Waals surface area contributed by atoms with Crippen LogP contribution in [0.2, 0.25) is 0 Å². The molecule has 1 aromatic heterocycles. The molecule has 0 spiro atoms. The number of carbonyl (C=O) groups excluding carboxylic acids is 1. The summed E-state index contributed by atoms with van der Waals surface area (Å²) in [6.45, 7) is 0.223. The number of hydrogen-bond acceptors (Lipinski definition) is 4. The first-order chi connectivity index (χ1) is 15.8. The Hall–Kier alpha value is -4.17. The van der Waals surface area contributed by atoms with Gasteiger partial charge in [-0.1, -0.05) is 54.6 Å². The van der Waals surface area contributed by atoms with E-state index in [1.165, 1.54) is 11.9 Å². The van der Waals surface area contributed by atoms with Crippen molar-refractivity contribution in [3.63, 3.8) is 0 Å². The third-order valence-electron chi connectivity index (χ3n) is 6.20. The van der Waals surface area contributed by atoms with E-state index in [4.69, 9.17) is 0 Å². The van der Waals surface area contributed by atoms with Crippen LogP contribution in [0, 0.1) is 0 Å². The Morgan fingerprint density at radius 2 is 1.76 bits per heavy atom. The fraction of sp³-hybridized carbons (Fsp3) is 0.160. The third-order valence-corrected chi connectivity index (χ3v) is 6.20. The predicted molar refractivity (Wildman–Crippen MR) is 123 cm³/mol. The van der Waals surface area contributed by atoms with E-state index in [-0.39, 0.29) is 18.4 Å². The van der Waals surface area contributed by atoms with E-state index >= 15 is 0 Å². The zero-order valence-electron chi connectivity index (χ0n) is 18.1. The van der Waals surface area contributed by atoms with Gasteiger partial charge in [-0.3, -0.25) is 14.6 Å². The summed E-state index contributed by atoms with van der Waals surface area (Å²) in [4.78, 5) is 31.7. The number of hydrogen-bond donors (Lipinski definition) is 2. The summed E-state index contributed by atoms with van der Waals surface area (Å²) >= 11 is 0. The van der Waals surface area contributed by atoms with Gasteiger partial charge in [0.2, 0.25) is 5.95 Å². The average Bonchev–Trinajstić information content (AvgIpc) is 3.27. The Kier molecular flexibility index (Phi) is 4.68. The Morgan fingerprint density at radius 1 is 1.06 bits per heavy atom. The molecule has 0 radical (unpaired) electrons. The molecule has 0 aliphatic carbocycles. The molecule has 2 heterocycles. The number of anilines is 1. The number of nitrogens with zero attached hydrogens (tertiary/aromatic N) is 4. The van der Waals surface area contributed by atoms with Crippen LogP contribution >= 0.6 is 0 Å². The highest BCUT2D eigenvalue weighted by Gasteiger charge is 2.49. The Labute approximate surface area is 189 Å². The van der Waals surface area contributed by atoms with E-state index in [0.717, 1.165) is 10.5 Å². The van der Waals surface area contributed by atoms with E-state index in [9.17, 15) is 19.8 Å². The average molecular weight is 442 g/mol. The number of aryl methyl sites for hydroxylation is 1. The second kappa shape index (κ2) is 7.46. The number of rotatable bonds is 4. The first-order valence-corrected chi connectivity index (χ1v) is 10.4. The topological polar surface area (TPSA) is 98.9 Å². The van der Waals surface area contributed by atoms with E-state index in [1.54, 1.807) is 54.1 Å². The van der Waals surface area contributed by atoms with Crippen LogP contribution < -0.4 is 4.90 Å². The highest BCUT2D eigenvalue weighted by molar-refractivity contribution is 6.00. The van der Waals surface area contributed by atoms with Crippen LogP contribution in [0.25, 0.3) is 11.0 Å². The zero-order valence-corrected chi connectivity index (χ0v) is 18.1. The fourth-order valence-corrected chi connectivity index (χ4v) is 4.45. The summed E-state index contributed by atoms with van der Waals surface area (Å²) in [6, 6.07) is 21.8. The standard InChI is InChI=1S/C25H22N4O4/c1-27-21-14-17(12-13-20(21)26-23(27)28(2)24(31)32)25(33)19-11-7-6-10-18(19)22(30)29(25)15-16-8-4-3-5-9-16/h3-14,33H,15H2,1-2H3,(H,31,32). The van der Waals surface area contributed by atoms with Crippen LogP contribution in [-0.4, -0.2) is 43.7 Å². The van der Waals surface area contributed by atoms with E-state index in [0.29, 0.717) is 27.7 Å². The van der Waals surface area contributed by atoms with Gasteiger partial charge in [-0.05, 0) is 23.8 Å². The molecule has 1 aliphatic rings. The number of aromatic nitrogens is 2. The zero-order chi connectivity index (χ0) is 23.3. The molecule has 2 N–H and O–H groups in total. The normalized spacial score (nSPS) is 17.4. The second-order valence-corrected chi connectivity index (χ2v) is 8.11. The molecule has 5 rings (SSSR count). The van der Waals surface area contributed by atoms with Crippen LogP contribution in [0.15, 0.2) is 72.8 Å². The van der Waals surface area contributed by atoms with Gasteiger partial charge in [0.15, 0.2) is 5.72 Å². The molecule has 0 fully saturated rings. The molecule has 33 heavy (non-hydrogen) atoms. The van der Waals surface area contributed by atoms with Crippen molar-refractivity contribution < 1.29 is 19.8 Å². The molecule has 3 aromatic carbocycles. The van der Waals surface area contributed by atoms with Crippen LogP contribution in [0.1, 0.15) is 27.0 Å². The van der Waals surface area contributed by atoms with Crippen LogP contribution in [0.4, 0.5) is 10.7 Å². The van der Waals surface area contributed by atoms with Gasteiger partial charge in [0.25, 0.3) is 5.91 Å². The minimum atomic E-state index is -1.69. The molecule has 0 saturated heterocycles. The second-order valence-electron chi connectivity index (χ2n) is 8.11. The maximum atomic E-state index is 13.4. The number of fused-ring (bicyclic) bond motifs is 2. The van der Waals surface area contributed by atoms with Crippen molar-refractivity contribution in [3.05, 3.63) is 95.1 Å². The van der Waals surface area contributed by atoms with Crippen LogP contribution in [-0.2, 0) is 19.3 Å². The van der Waals surface area contributed by atoms with Crippen molar-refractivity contribution in [3.8, 4) is 0 Å². The number of imidazole rings is 1. The SMILES string of the molecule is CN(C(=O)O)c1nc2ccc(C3(O)c4ccccc4C(=O)N3Cc3ccccc3)cc2n1C. The molecular formula is C25H22N4O4. The van der Waals surface area contributed by atoms with E-state index in [1.807, 2.05) is 30.3 Å². The number of amides is 2. The van der Waals surface area contributed by atoms with Gasteiger partial charge < -0.3 is 14.8 Å². The van der Waals surface area contributed by atoms with Crippen molar-refractivity contribution in [1.29, 1.82) is 0 Å². The highest BCUT2D eigenvalue weighted by atomic mass is 16.4. The van der Waals surface area contributed by atoms with Crippen molar-refractivity contribution in [2.45, 2.75) is 12.3 Å². The lowest BCUT2D eigenvalue weighted by atomic mass is 9.93. The smallest absolute Gasteiger partial charge is 0.413 e. The molecule has 1 unspecified atom stereocenters. The van der Waals surface area contributed by atoms with Crippen molar-refractivity contribution in [1.82, 2.24) is 14.5 Å². The largest absolute Gasteiger partial charge is 0.465 e. The molecule has 4 aromatic rings. The van der Waals surface area contributed by atoms with Crippen LogP contribution in [0.3, 0.4) is 0 Å². The summed E-state index contributed by atoms with van der Waals surface area (Å²) in [5, 5.41) is 21.5. The predicted octanol–water partition coefficient (Wildman–Crippen LogP) is 3.54. The Bertz CT molecular complexity index is 1400. The third kappa shape index (κ3) is 3.07. The molecule has 0 saturated carbocycles. The summed E-state index contributed by atoms with van der Waals surface area (Å²) in [6.07, 6.45) is -1.13. The van der Waals surface area contributed by atoms with Crippen molar-refractivity contribution in [2.75, 3.05) is 11.9 Å². The lowest BCUT2D eigenvalue weighted by Gasteiger charge is -2.35. The summed E-state index contributed by atoms with van der Waals surface area (Å²) in [5.74, 6) is -0.000893. The first kappa shape index (κ1) is 20.7. The monoisotopic (exact) mass is 442 g/mol. The first-order valence-electron chi connectivity index (χ1n) is 10.4. The molecule has 1 atom stereocenters. The highest BCUT2D eigenvalue weighted by Crippen LogP contribution is 2.43. The summed E-state index contributed by atoms with van der Waals surface area (Å²) in [7, 11) is 3.14. The van der Waals surface area contributed by atoms with Gasteiger partial charge in [0.1, 0.15) is 0 Å². The molecule has 166 valence electrons. The molecule has 8 nitrogen and oxygen atoms in total. The molecule has 0 bridgehead atoms. The van der Waals surface area contributed by atoms with Gasteiger partial charge in [-0.25, -0.2) is 9.78 Å². The van der Waals surface area contributed by atoms with E-state index < -0.39 is 11.8 Å². The number of aliphatic hydroxyl groups is 1. The summed E-state index contributed by atoms with van der Waals surface area (Å²) < 4.78 is 1.65. The minimum absolute atomic E-state index is 0.223. The van der Waals surface area contributed by atoms with Crippen LogP contribution in [0.5, 0.6) is 0 Å². The van der Waals surface area contributed by atoms with Gasteiger partial charge in [-0.2, -0.15) is 0 Å². The molecule has 1 aliphatic heterocycles. The van der Waals surface area contributed by atoms with Crippen molar-refractivity contribution >= 4 is 29.0 Å². The van der Waals surface area contributed by atoms with E-state index in [2.05, 4.69) is 4.98 Å². The Morgan fingerprint density at radius 3 is 2.48 bits per heavy atom. The lowest BCUT2D eigenvalue weighted by Crippen LogP contribution is -2.44. The fourth-order valence-electron chi connectivity index (χ4n) is 4.45. The minimum Gasteiger partial charge on any atom is -0.465 e. The molecular weight excluding hydrogens is 420 g/mol. The van der Waals surface area contributed by atoms with Gasteiger partial charge in [0, 0.05) is 37.3 Å². The molecule has 2 amide bonds. The van der Waals surface area contributed by atoms with Gasteiger partial charge >= 0.3 is 6.09 Å². The maximum absolute atomic E-state index is 13.4. The number of carboxylic acid groups (broad SMARTS) is 1. The van der Waals surface area contributed by atoms with Crippen molar-refractivity contribution in [2.24, 2.45) is 7.05 Å². The quantitative estimate of drug-likeness (QED) is 0.504. The molecule has 8 heteroatoms. The number of carbonyl (C=O) groups is 2.